The van der Waals surface area contributed by atoms with E-state index >= 15 is 0 Å². The van der Waals surface area contributed by atoms with Gasteiger partial charge in [0.2, 0.25) is 6.41 Å². The number of carbonyl (C=O) groups excluding carboxylic acids is 1. The SMILES string of the molecule is CN=C(N)C(C)S(=O)(=O)Cc1cc(NC=O)ccc1F. The molecule has 8 heteroatoms. The van der Waals surface area contributed by atoms with E-state index in [0.29, 0.717) is 12.1 Å². The van der Waals surface area contributed by atoms with Crippen LogP contribution < -0.4 is 11.1 Å². The summed E-state index contributed by atoms with van der Waals surface area (Å²) in [6, 6.07) is 3.71. The molecule has 1 amide bonds. The fourth-order valence-electron chi connectivity index (χ4n) is 1.55. The summed E-state index contributed by atoms with van der Waals surface area (Å²) in [6.07, 6.45) is 0.426. The van der Waals surface area contributed by atoms with Gasteiger partial charge in [-0.05, 0) is 25.1 Å². The first-order valence-corrected chi connectivity index (χ1v) is 7.45. The van der Waals surface area contributed by atoms with Gasteiger partial charge in [0.1, 0.15) is 16.9 Å². The number of hydrogen-bond acceptors (Lipinski definition) is 4. The first kappa shape index (κ1) is 16.1. The molecule has 3 N–H and O–H groups in total. The van der Waals surface area contributed by atoms with Crippen molar-refractivity contribution < 1.29 is 17.6 Å². The Balaban J connectivity index is 3.09. The van der Waals surface area contributed by atoms with E-state index < -0.39 is 26.7 Å². The Hall–Kier alpha value is -1.96. The highest BCUT2D eigenvalue weighted by molar-refractivity contribution is 7.92. The van der Waals surface area contributed by atoms with Gasteiger partial charge in [-0.2, -0.15) is 0 Å². The van der Waals surface area contributed by atoms with E-state index in [-0.39, 0.29) is 11.4 Å². The van der Waals surface area contributed by atoms with Gasteiger partial charge in [0.15, 0.2) is 9.84 Å². The molecule has 0 spiro atoms. The number of hydrogen-bond donors (Lipinski definition) is 2. The molecule has 0 aliphatic rings. The van der Waals surface area contributed by atoms with Crippen LogP contribution in [-0.2, 0) is 20.4 Å². The Morgan fingerprint density at radius 1 is 1.55 bits per heavy atom. The summed E-state index contributed by atoms with van der Waals surface area (Å²) in [4.78, 5) is 14.0. The summed E-state index contributed by atoms with van der Waals surface area (Å²) in [5.41, 5.74) is 5.77. The van der Waals surface area contributed by atoms with Crippen molar-refractivity contribution in [3.63, 3.8) is 0 Å². The fraction of sp³-hybridized carbons (Fsp3) is 0.333. The molecule has 0 saturated heterocycles. The predicted octanol–water partition coefficient (Wildman–Crippen LogP) is 0.684. The zero-order chi connectivity index (χ0) is 15.3. The summed E-state index contributed by atoms with van der Waals surface area (Å²) in [7, 11) is -2.31. The van der Waals surface area contributed by atoms with Crippen LogP contribution in [0.5, 0.6) is 0 Å². The Bertz CT molecular complexity index is 629. The Morgan fingerprint density at radius 2 is 2.20 bits per heavy atom. The third kappa shape index (κ3) is 3.77. The highest BCUT2D eigenvalue weighted by Crippen LogP contribution is 2.19. The number of amidine groups is 1. The lowest BCUT2D eigenvalue weighted by molar-refractivity contribution is -0.105. The Labute approximate surface area is 116 Å². The second-order valence-corrected chi connectivity index (χ2v) is 6.49. The molecule has 1 aromatic carbocycles. The predicted molar refractivity (Wildman–Crippen MR) is 75.7 cm³/mol. The van der Waals surface area contributed by atoms with Crippen LogP contribution in [0.3, 0.4) is 0 Å². The van der Waals surface area contributed by atoms with Crippen LogP contribution in [0.1, 0.15) is 12.5 Å². The van der Waals surface area contributed by atoms with E-state index in [0.717, 1.165) is 6.07 Å². The molecule has 0 heterocycles. The van der Waals surface area contributed by atoms with E-state index in [1.807, 2.05) is 0 Å². The number of halogens is 1. The third-order valence-corrected chi connectivity index (χ3v) is 4.87. The molecule has 0 aliphatic carbocycles. The maximum Gasteiger partial charge on any atom is 0.211 e. The van der Waals surface area contributed by atoms with Crippen LogP contribution in [0.4, 0.5) is 10.1 Å². The molecule has 0 fully saturated rings. The highest BCUT2D eigenvalue weighted by atomic mass is 32.2. The highest BCUT2D eigenvalue weighted by Gasteiger charge is 2.25. The molecule has 0 aliphatic heterocycles. The van der Waals surface area contributed by atoms with Crippen LogP contribution in [0.2, 0.25) is 0 Å². The van der Waals surface area contributed by atoms with Crippen molar-refractivity contribution in [3.05, 3.63) is 29.6 Å². The van der Waals surface area contributed by atoms with Crippen LogP contribution in [0.25, 0.3) is 0 Å². The minimum atomic E-state index is -3.69. The van der Waals surface area contributed by atoms with Gasteiger partial charge in [0.05, 0.1) is 5.75 Å². The maximum absolute atomic E-state index is 13.6. The van der Waals surface area contributed by atoms with Crippen molar-refractivity contribution in [3.8, 4) is 0 Å². The van der Waals surface area contributed by atoms with E-state index in [2.05, 4.69) is 10.3 Å². The van der Waals surface area contributed by atoms with Gasteiger partial charge < -0.3 is 11.1 Å². The van der Waals surface area contributed by atoms with Crippen LogP contribution >= 0.6 is 0 Å². The monoisotopic (exact) mass is 301 g/mol. The van der Waals surface area contributed by atoms with Crippen molar-refractivity contribution in [2.45, 2.75) is 17.9 Å². The van der Waals surface area contributed by atoms with E-state index in [1.54, 1.807) is 0 Å². The third-order valence-electron chi connectivity index (χ3n) is 2.84. The first-order chi connectivity index (χ1) is 9.31. The van der Waals surface area contributed by atoms with Crippen molar-refractivity contribution in [1.29, 1.82) is 0 Å². The van der Waals surface area contributed by atoms with Crippen LogP contribution in [0, 0.1) is 5.82 Å². The number of nitrogens with zero attached hydrogens (tertiary/aromatic N) is 1. The summed E-state index contributed by atoms with van der Waals surface area (Å²) >= 11 is 0. The Kier molecular flexibility index (Phi) is 5.20. The minimum Gasteiger partial charge on any atom is -0.386 e. The van der Waals surface area contributed by atoms with Crippen LogP contribution in [0.15, 0.2) is 23.2 Å². The molecule has 0 aromatic heterocycles. The molecule has 0 saturated carbocycles. The molecular formula is C12H16FN3O3S. The van der Waals surface area contributed by atoms with Gasteiger partial charge in [-0.15, -0.1) is 0 Å². The number of nitrogens with two attached hydrogens (primary N) is 1. The first-order valence-electron chi connectivity index (χ1n) is 5.74. The number of amides is 1. The number of anilines is 1. The summed E-state index contributed by atoms with van der Waals surface area (Å²) < 4.78 is 37.9. The van der Waals surface area contributed by atoms with Crippen LogP contribution in [-0.4, -0.2) is 33.0 Å². The van der Waals surface area contributed by atoms with E-state index in [1.165, 1.54) is 26.1 Å². The number of aliphatic imine (C=N–C) groups is 1. The molecule has 1 atom stereocenters. The fourth-order valence-corrected chi connectivity index (χ4v) is 2.93. The number of rotatable bonds is 6. The standard InChI is InChI=1S/C12H16FN3O3S/c1-8(12(14)15-2)20(18,19)6-9-5-10(16-7-17)3-4-11(9)13/h3-5,7-8H,6H2,1-2H3,(H2,14,15)(H,16,17). The molecule has 0 radical (unpaired) electrons. The summed E-state index contributed by atoms with van der Waals surface area (Å²) in [5, 5.41) is 1.33. The average Bonchev–Trinajstić information content (AvgIpc) is 2.40. The maximum atomic E-state index is 13.6. The molecule has 20 heavy (non-hydrogen) atoms. The molecular weight excluding hydrogens is 285 g/mol. The topological polar surface area (TPSA) is 102 Å². The quantitative estimate of drug-likeness (QED) is 0.458. The molecule has 6 nitrogen and oxygen atoms in total. The number of benzene rings is 1. The van der Waals surface area contributed by atoms with Gasteiger partial charge >= 0.3 is 0 Å². The number of sulfone groups is 1. The number of nitrogens with one attached hydrogen (secondary N) is 1. The van der Waals surface area contributed by atoms with Gasteiger partial charge in [-0.25, -0.2) is 12.8 Å². The molecule has 0 bridgehead atoms. The van der Waals surface area contributed by atoms with Crippen molar-refractivity contribution in [2.75, 3.05) is 12.4 Å². The zero-order valence-electron chi connectivity index (χ0n) is 11.1. The normalized spacial score (nSPS) is 13.8. The van der Waals surface area contributed by atoms with E-state index in [9.17, 15) is 17.6 Å². The summed E-state index contributed by atoms with van der Waals surface area (Å²) in [6.45, 7) is 1.39. The minimum absolute atomic E-state index is 0.0346. The summed E-state index contributed by atoms with van der Waals surface area (Å²) in [5.74, 6) is -1.22. The van der Waals surface area contributed by atoms with Crippen molar-refractivity contribution in [1.82, 2.24) is 0 Å². The van der Waals surface area contributed by atoms with Gasteiger partial charge in [-0.1, -0.05) is 0 Å². The average molecular weight is 301 g/mol. The number of carbonyl (C=O) groups is 1. The second-order valence-electron chi connectivity index (χ2n) is 4.17. The van der Waals surface area contributed by atoms with E-state index in [4.69, 9.17) is 5.73 Å². The second kappa shape index (κ2) is 6.47. The lowest BCUT2D eigenvalue weighted by atomic mass is 10.2. The lowest BCUT2D eigenvalue weighted by Crippen LogP contribution is -2.34. The van der Waals surface area contributed by atoms with Gasteiger partial charge in [0.25, 0.3) is 0 Å². The molecule has 1 unspecified atom stereocenters. The largest absolute Gasteiger partial charge is 0.386 e. The van der Waals surface area contributed by atoms with Gasteiger partial charge in [0, 0.05) is 18.3 Å². The molecule has 110 valence electrons. The zero-order valence-corrected chi connectivity index (χ0v) is 11.9. The van der Waals surface area contributed by atoms with Crippen molar-refractivity contribution in [2.24, 2.45) is 10.7 Å². The van der Waals surface area contributed by atoms with Gasteiger partial charge in [-0.3, -0.25) is 9.79 Å². The molecule has 1 aromatic rings. The van der Waals surface area contributed by atoms with Crippen molar-refractivity contribution >= 4 is 27.8 Å². The smallest absolute Gasteiger partial charge is 0.211 e. The Morgan fingerprint density at radius 3 is 2.75 bits per heavy atom. The lowest BCUT2D eigenvalue weighted by Gasteiger charge is -2.13. The molecule has 1 rings (SSSR count).